The smallest absolute Gasteiger partial charge is 0.226 e. The van der Waals surface area contributed by atoms with Crippen LogP contribution in [0.5, 0.6) is 0 Å². The van der Waals surface area contributed by atoms with Crippen molar-refractivity contribution in [1.82, 2.24) is 29.9 Å². The summed E-state index contributed by atoms with van der Waals surface area (Å²) in [5.74, 6) is 2.53. The van der Waals surface area contributed by atoms with E-state index in [-0.39, 0.29) is 5.92 Å². The molecule has 0 atom stereocenters. The maximum absolute atomic E-state index is 5.26. The molecule has 0 fully saturated rings. The van der Waals surface area contributed by atoms with E-state index < -0.39 is 0 Å². The van der Waals surface area contributed by atoms with Gasteiger partial charge in [0.15, 0.2) is 11.5 Å². The number of hydrogen-bond acceptors (Lipinski definition) is 8. The average molecular weight is 347 g/mol. The highest BCUT2D eigenvalue weighted by atomic mass is 32.2. The lowest BCUT2D eigenvalue weighted by atomic mass is 10.2. The second-order valence-corrected chi connectivity index (χ2v) is 6.58. The van der Waals surface area contributed by atoms with Gasteiger partial charge in [-0.15, -0.1) is 11.8 Å². The Hall–Kier alpha value is -2.16. The van der Waals surface area contributed by atoms with E-state index in [1.165, 1.54) is 0 Å². The number of hydrogen-bond donors (Lipinski definition) is 1. The van der Waals surface area contributed by atoms with Crippen LogP contribution in [0.2, 0.25) is 0 Å². The first kappa shape index (κ1) is 16.7. The van der Waals surface area contributed by atoms with E-state index in [4.69, 9.17) is 4.52 Å². The third kappa shape index (κ3) is 3.35. The Morgan fingerprint density at radius 2 is 2.17 bits per heavy atom. The molecule has 0 aliphatic carbocycles. The normalized spacial score (nSPS) is 11.5. The van der Waals surface area contributed by atoms with Crippen LogP contribution in [0.3, 0.4) is 0 Å². The summed E-state index contributed by atoms with van der Waals surface area (Å²) in [4.78, 5) is 13.1. The zero-order chi connectivity index (χ0) is 17.1. The summed E-state index contributed by atoms with van der Waals surface area (Å²) in [6.45, 7) is 4.86. The molecular weight excluding hydrogens is 326 g/mol. The summed E-state index contributed by atoms with van der Waals surface area (Å²) in [7, 11) is 1.89. The zero-order valence-corrected chi connectivity index (χ0v) is 15.1. The van der Waals surface area contributed by atoms with Crippen LogP contribution in [-0.2, 0) is 13.5 Å². The second-order valence-electron chi connectivity index (χ2n) is 5.79. The largest absolute Gasteiger partial charge is 0.369 e. The second kappa shape index (κ2) is 7.16. The lowest BCUT2D eigenvalue weighted by Crippen LogP contribution is -2.06. The van der Waals surface area contributed by atoms with Crippen molar-refractivity contribution in [3.8, 4) is 0 Å². The lowest BCUT2D eigenvalue weighted by Gasteiger charge is -2.06. The number of aryl methyl sites for hydroxylation is 2. The molecule has 3 heterocycles. The van der Waals surface area contributed by atoms with Crippen molar-refractivity contribution in [3.63, 3.8) is 0 Å². The molecule has 3 aromatic rings. The Balaban J connectivity index is 1.63. The van der Waals surface area contributed by atoms with Crippen LogP contribution in [-0.4, -0.2) is 42.7 Å². The zero-order valence-electron chi connectivity index (χ0n) is 14.3. The van der Waals surface area contributed by atoms with Gasteiger partial charge in [-0.2, -0.15) is 10.1 Å². The van der Waals surface area contributed by atoms with Gasteiger partial charge in [-0.1, -0.05) is 19.0 Å². The fourth-order valence-electron chi connectivity index (χ4n) is 2.38. The minimum atomic E-state index is 0.283. The summed E-state index contributed by atoms with van der Waals surface area (Å²) in [5, 5.41) is 13.7. The van der Waals surface area contributed by atoms with Gasteiger partial charge in [0.25, 0.3) is 0 Å². The molecule has 3 aromatic heterocycles. The van der Waals surface area contributed by atoms with Gasteiger partial charge < -0.3 is 9.84 Å². The molecule has 8 nitrogen and oxygen atoms in total. The van der Waals surface area contributed by atoms with Crippen molar-refractivity contribution < 1.29 is 4.52 Å². The van der Waals surface area contributed by atoms with Crippen LogP contribution < -0.4 is 5.32 Å². The molecule has 3 rings (SSSR count). The summed E-state index contributed by atoms with van der Waals surface area (Å²) in [5.41, 5.74) is 0.829. The minimum absolute atomic E-state index is 0.283. The highest BCUT2D eigenvalue weighted by Crippen LogP contribution is 2.28. The maximum atomic E-state index is 5.26. The minimum Gasteiger partial charge on any atom is -0.369 e. The predicted molar refractivity (Wildman–Crippen MR) is 93.3 cm³/mol. The first-order chi connectivity index (χ1) is 11.6. The average Bonchev–Trinajstić information content (AvgIpc) is 3.17. The van der Waals surface area contributed by atoms with E-state index in [2.05, 4.69) is 30.5 Å². The third-order valence-corrected chi connectivity index (χ3v) is 4.31. The van der Waals surface area contributed by atoms with Crippen LogP contribution in [0.1, 0.15) is 37.9 Å². The monoisotopic (exact) mass is 347 g/mol. The summed E-state index contributed by atoms with van der Waals surface area (Å²) < 4.78 is 7.03. The van der Waals surface area contributed by atoms with Crippen molar-refractivity contribution in [2.24, 2.45) is 7.05 Å². The van der Waals surface area contributed by atoms with Crippen LogP contribution >= 0.6 is 11.8 Å². The van der Waals surface area contributed by atoms with Crippen LogP contribution in [0, 0.1) is 0 Å². The Morgan fingerprint density at radius 1 is 1.33 bits per heavy atom. The molecule has 0 aromatic carbocycles. The quantitative estimate of drug-likeness (QED) is 0.515. The molecular formula is C15H21N7OS. The van der Waals surface area contributed by atoms with Gasteiger partial charge in [-0.3, -0.25) is 0 Å². The number of nitrogens with one attached hydrogen (secondary N) is 1. The Kier molecular flexibility index (Phi) is 4.98. The van der Waals surface area contributed by atoms with Gasteiger partial charge in [0.2, 0.25) is 5.89 Å². The van der Waals surface area contributed by atoms with E-state index in [0.717, 1.165) is 47.1 Å². The number of aromatic nitrogens is 6. The number of thioether (sulfide) groups is 1. The Labute approximate surface area is 144 Å². The van der Waals surface area contributed by atoms with Gasteiger partial charge >= 0.3 is 0 Å². The number of nitrogens with zero attached hydrogens (tertiary/aromatic N) is 6. The molecule has 0 saturated heterocycles. The van der Waals surface area contributed by atoms with E-state index in [9.17, 15) is 0 Å². The van der Waals surface area contributed by atoms with Crippen molar-refractivity contribution in [1.29, 1.82) is 0 Å². The summed E-state index contributed by atoms with van der Waals surface area (Å²) >= 11 is 1.59. The molecule has 24 heavy (non-hydrogen) atoms. The molecule has 0 radical (unpaired) electrons. The van der Waals surface area contributed by atoms with Gasteiger partial charge in [0.05, 0.1) is 5.39 Å². The van der Waals surface area contributed by atoms with E-state index in [1.54, 1.807) is 22.8 Å². The van der Waals surface area contributed by atoms with E-state index >= 15 is 0 Å². The SMILES string of the molecule is CSc1nn(C)c2ncnc(NCCCc3nc(C(C)C)no3)c12. The van der Waals surface area contributed by atoms with Crippen molar-refractivity contribution in [2.45, 2.75) is 37.6 Å². The third-order valence-electron chi connectivity index (χ3n) is 3.64. The Bertz CT molecular complexity index is 826. The van der Waals surface area contributed by atoms with Crippen LogP contribution in [0.25, 0.3) is 11.0 Å². The Morgan fingerprint density at radius 3 is 2.88 bits per heavy atom. The van der Waals surface area contributed by atoms with Gasteiger partial charge in [0.1, 0.15) is 17.2 Å². The van der Waals surface area contributed by atoms with Gasteiger partial charge in [-0.25, -0.2) is 14.6 Å². The molecule has 0 aliphatic rings. The standard InChI is InChI=1S/C15H21N7OS/c1-9(2)12-19-10(23-21-12)6-5-7-16-13-11-14(18-8-17-13)22(3)20-15(11)24-4/h8-9H,5-7H2,1-4H3,(H,16,17,18). The summed E-state index contributed by atoms with van der Waals surface area (Å²) in [6, 6.07) is 0. The molecule has 128 valence electrons. The molecule has 0 saturated carbocycles. The first-order valence-electron chi connectivity index (χ1n) is 7.88. The van der Waals surface area contributed by atoms with E-state index in [1.807, 2.05) is 27.2 Å². The molecule has 1 N–H and O–H groups in total. The highest BCUT2D eigenvalue weighted by Gasteiger charge is 2.14. The fourth-order valence-corrected chi connectivity index (χ4v) is 2.98. The fraction of sp³-hybridized carbons (Fsp3) is 0.533. The first-order valence-corrected chi connectivity index (χ1v) is 9.10. The number of rotatable bonds is 7. The molecule has 9 heteroatoms. The molecule has 0 amide bonds. The summed E-state index contributed by atoms with van der Waals surface area (Å²) in [6.07, 6.45) is 5.17. The molecule has 0 unspecified atom stereocenters. The number of anilines is 1. The van der Waals surface area contributed by atoms with Crippen molar-refractivity contribution in [2.75, 3.05) is 18.1 Å². The van der Waals surface area contributed by atoms with Crippen molar-refractivity contribution in [3.05, 3.63) is 18.0 Å². The van der Waals surface area contributed by atoms with Gasteiger partial charge in [0, 0.05) is 25.9 Å². The van der Waals surface area contributed by atoms with Crippen molar-refractivity contribution >= 4 is 28.6 Å². The van der Waals surface area contributed by atoms with Crippen LogP contribution in [0.15, 0.2) is 15.9 Å². The van der Waals surface area contributed by atoms with Crippen LogP contribution in [0.4, 0.5) is 5.82 Å². The predicted octanol–water partition coefficient (Wildman–Crippen LogP) is 2.64. The highest BCUT2D eigenvalue weighted by molar-refractivity contribution is 7.98. The number of fused-ring (bicyclic) bond motifs is 1. The molecule has 0 spiro atoms. The molecule has 0 bridgehead atoms. The topological polar surface area (TPSA) is 94.6 Å². The van der Waals surface area contributed by atoms with E-state index in [0.29, 0.717) is 5.89 Å². The lowest BCUT2D eigenvalue weighted by molar-refractivity contribution is 0.369. The van der Waals surface area contributed by atoms with Gasteiger partial charge in [-0.05, 0) is 12.7 Å². The molecule has 0 aliphatic heterocycles. The maximum Gasteiger partial charge on any atom is 0.226 e.